The number of hydrogen-bond donors (Lipinski definition) is 2. The van der Waals surface area contributed by atoms with E-state index in [1.807, 2.05) is 0 Å². The number of nitrogens with one attached hydrogen (secondary N) is 1. The summed E-state index contributed by atoms with van der Waals surface area (Å²) in [6.07, 6.45) is 3.11. The first-order valence-corrected chi connectivity index (χ1v) is 5.19. The summed E-state index contributed by atoms with van der Waals surface area (Å²) in [7, 11) is 0. The number of nitrogens with two attached hydrogens (primary N) is 1. The van der Waals surface area contributed by atoms with Crippen molar-refractivity contribution in [3.63, 3.8) is 0 Å². The molecule has 0 atom stereocenters. The Morgan fingerprint density at radius 1 is 1.39 bits per heavy atom. The molecule has 0 aliphatic carbocycles. The Labute approximate surface area is 103 Å². The minimum absolute atomic E-state index is 0.0948. The van der Waals surface area contributed by atoms with Crippen molar-refractivity contribution in [2.75, 3.05) is 11.1 Å². The monoisotopic (exact) mass is 245 g/mol. The summed E-state index contributed by atoms with van der Waals surface area (Å²) < 4.78 is 0. The van der Waals surface area contributed by atoms with E-state index < -0.39 is 4.92 Å². The largest absolute Gasteiger partial charge is 0.393 e. The molecule has 2 aromatic rings. The van der Waals surface area contributed by atoms with E-state index in [1.54, 1.807) is 18.3 Å². The Bertz CT molecular complexity index is 559. The number of nitrogen functional groups attached to an aromatic ring is 1. The summed E-state index contributed by atoms with van der Waals surface area (Å²) in [5.41, 5.74) is 7.15. The van der Waals surface area contributed by atoms with Crippen LogP contribution >= 0.6 is 0 Å². The topological polar surface area (TPSA) is 107 Å². The van der Waals surface area contributed by atoms with Crippen molar-refractivity contribution in [3.8, 4) is 0 Å². The zero-order chi connectivity index (χ0) is 13.0. The first kappa shape index (κ1) is 11.8. The second kappa shape index (κ2) is 5.09. The van der Waals surface area contributed by atoms with E-state index in [0.717, 1.165) is 5.69 Å². The van der Waals surface area contributed by atoms with Gasteiger partial charge in [-0.2, -0.15) is 0 Å². The van der Waals surface area contributed by atoms with Crippen molar-refractivity contribution >= 4 is 17.1 Å². The van der Waals surface area contributed by atoms with Crippen molar-refractivity contribution in [3.05, 3.63) is 52.6 Å². The second-order valence-corrected chi connectivity index (χ2v) is 3.58. The second-order valence-electron chi connectivity index (χ2n) is 3.58. The molecule has 92 valence electrons. The van der Waals surface area contributed by atoms with Gasteiger partial charge in [-0.25, -0.2) is 9.97 Å². The number of anilines is 2. The Morgan fingerprint density at radius 3 is 2.83 bits per heavy atom. The summed E-state index contributed by atoms with van der Waals surface area (Å²) in [5.74, 6) is 0. The fourth-order valence-corrected chi connectivity index (χ4v) is 1.45. The highest BCUT2D eigenvalue weighted by molar-refractivity contribution is 5.65. The lowest BCUT2D eigenvalue weighted by atomic mass is 10.2. The molecule has 0 fully saturated rings. The van der Waals surface area contributed by atoms with Gasteiger partial charge >= 0.3 is 0 Å². The molecule has 0 saturated carbocycles. The molecule has 2 rings (SSSR count). The van der Waals surface area contributed by atoms with Crippen LogP contribution in [0.1, 0.15) is 5.69 Å². The van der Waals surface area contributed by atoms with Crippen LogP contribution in [0.2, 0.25) is 0 Å². The van der Waals surface area contributed by atoms with E-state index in [9.17, 15) is 10.1 Å². The van der Waals surface area contributed by atoms with Gasteiger partial charge in [-0.15, -0.1) is 0 Å². The zero-order valence-electron chi connectivity index (χ0n) is 9.41. The third-order valence-electron chi connectivity index (χ3n) is 2.34. The molecule has 1 aromatic carbocycles. The molecule has 0 aliphatic heterocycles. The number of aromatic nitrogens is 2. The molecular formula is C11H11N5O2. The first-order chi connectivity index (χ1) is 8.66. The van der Waals surface area contributed by atoms with E-state index in [0.29, 0.717) is 12.2 Å². The Kier molecular flexibility index (Phi) is 3.33. The maximum absolute atomic E-state index is 10.6. The minimum atomic E-state index is -0.510. The lowest BCUT2D eigenvalue weighted by molar-refractivity contribution is -0.383. The fourth-order valence-electron chi connectivity index (χ4n) is 1.45. The predicted molar refractivity (Wildman–Crippen MR) is 66.9 cm³/mol. The molecule has 1 aromatic heterocycles. The summed E-state index contributed by atoms with van der Waals surface area (Å²) in [4.78, 5) is 18.0. The molecule has 7 heteroatoms. The number of hydrogen-bond acceptors (Lipinski definition) is 6. The van der Waals surface area contributed by atoms with E-state index in [2.05, 4.69) is 15.3 Å². The van der Waals surface area contributed by atoms with Gasteiger partial charge in [0.15, 0.2) is 0 Å². The summed E-state index contributed by atoms with van der Waals surface area (Å²) >= 11 is 0. The van der Waals surface area contributed by atoms with E-state index >= 15 is 0 Å². The Hall–Kier alpha value is -2.70. The highest BCUT2D eigenvalue weighted by Crippen LogP contribution is 2.24. The van der Waals surface area contributed by atoms with Crippen molar-refractivity contribution in [2.45, 2.75) is 6.54 Å². The average Bonchev–Trinajstić information content (AvgIpc) is 2.37. The van der Waals surface area contributed by atoms with Gasteiger partial charge in [-0.3, -0.25) is 10.1 Å². The fraction of sp³-hybridized carbons (Fsp3) is 0.0909. The SMILES string of the molecule is Nc1cc(NCc2ccncn2)ccc1[N+](=O)[O-]. The zero-order valence-corrected chi connectivity index (χ0v) is 9.41. The van der Waals surface area contributed by atoms with Crippen LogP contribution in [0.4, 0.5) is 17.1 Å². The first-order valence-electron chi connectivity index (χ1n) is 5.19. The van der Waals surface area contributed by atoms with Crippen LogP contribution in [0, 0.1) is 10.1 Å². The summed E-state index contributed by atoms with van der Waals surface area (Å²) in [5, 5.41) is 13.7. The van der Waals surface area contributed by atoms with Gasteiger partial charge in [0.2, 0.25) is 0 Å². The molecule has 18 heavy (non-hydrogen) atoms. The van der Waals surface area contributed by atoms with Crippen LogP contribution in [0.5, 0.6) is 0 Å². The van der Waals surface area contributed by atoms with Gasteiger partial charge in [-0.1, -0.05) is 0 Å². The highest BCUT2D eigenvalue weighted by atomic mass is 16.6. The normalized spacial score (nSPS) is 10.0. The van der Waals surface area contributed by atoms with Crippen molar-refractivity contribution in [2.24, 2.45) is 0 Å². The van der Waals surface area contributed by atoms with Crippen molar-refractivity contribution in [1.29, 1.82) is 0 Å². The molecule has 0 aliphatic rings. The number of nitro groups is 1. The maximum Gasteiger partial charge on any atom is 0.292 e. The van der Waals surface area contributed by atoms with E-state index in [-0.39, 0.29) is 11.4 Å². The lowest BCUT2D eigenvalue weighted by Gasteiger charge is -2.06. The molecule has 7 nitrogen and oxygen atoms in total. The number of rotatable bonds is 4. The van der Waals surface area contributed by atoms with Gasteiger partial charge in [0, 0.05) is 18.0 Å². The molecule has 0 spiro atoms. The smallest absolute Gasteiger partial charge is 0.292 e. The van der Waals surface area contributed by atoms with E-state index in [1.165, 1.54) is 18.5 Å². The summed E-state index contributed by atoms with van der Waals surface area (Å²) in [6.45, 7) is 0.500. The molecule has 1 heterocycles. The lowest BCUT2D eigenvalue weighted by Crippen LogP contribution is -2.03. The molecule has 0 unspecified atom stereocenters. The van der Waals surface area contributed by atoms with Gasteiger partial charge in [0.05, 0.1) is 17.2 Å². The minimum Gasteiger partial charge on any atom is -0.393 e. The Balaban J connectivity index is 2.07. The van der Waals surface area contributed by atoms with Crippen LogP contribution in [0.15, 0.2) is 36.8 Å². The molecular weight excluding hydrogens is 234 g/mol. The third-order valence-corrected chi connectivity index (χ3v) is 2.34. The van der Waals surface area contributed by atoms with Crippen LogP contribution in [0.3, 0.4) is 0 Å². The molecule has 3 N–H and O–H groups in total. The number of nitro benzene ring substituents is 1. The van der Waals surface area contributed by atoms with Crippen molar-refractivity contribution in [1.82, 2.24) is 9.97 Å². The van der Waals surface area contributed by atoms with E-state index in [4.69, 9.17) is 5.73 Å². The molecule has 0 amide bonds. The highest BCUT2D eigenvalue weighted by Gasteiger charge is 2.10. The standard InChI is InChI=1S/C11H11N5O2/c12-10-5-8(1-2-11(10)16(17)18)14-6-9-3-4-13-7-15-9/h1-5,7,14H,6,12H2. The third kappa shape index (κ3) is 2.70. The Morgan fingerprint density at radius 2 is 2.22 bits per heavy atom. The quantitative estimate of drug-likeness (QED) is 0.481. The van der Waals surface area contributed by atoms with Crippen LogP contribution in [-0.4, -0.2) is 14.9 Å². The number of benzene rings is 1. The molecule has 0 radical (unpaired) electrons. The predicted octanol–water partition coefficient (Wildman–Crippen LogP) is 1.58. The number of nitrogens with zero attached hydrogens (tertiary/aromatic N) is 3. The van der Waals surface area contributed by atoms with Crippen LogP contribution < -0.4 is 11.1 Å². The molecule has 0 bridgehead atoms. The van der Waals surface area contributed by atoms with Crippen LogP contribution in [-0.2, 0) is 6.54 Å². The molecule has 0 saturated heterocycles. The van der Waals surface area contributed by atoms with Gasteiger partial charge in [0.25, 0.3) is 5.69 Å². The van der Waals surface area contributed by atoms with Gasteiger partial charge in [-0.05, 0) is 18.2 Å². The average molecular weight is 245 g/mol. The maximum atomic E-state index is 10.6. The van der Waals surface area contributed by atoms with Gasteiger partial charge in [0.1, 0.15) is 12.0 Å². The summed E-state index contributed by atoms with van der Waals surface area (Å²) in [6, 6.07) is 6.29. The van der Waals surface area contributed by atoms with Gasteiger partial charge < -0.3 is 11.1 Å². The van der Waals surface area contributed by atoms with Crippen LogP contribution in [0.25, 0.3) is 0 Å². The van der Waals surface area contributed by atoms with Crippen molar-refractivity contribution < 1.29 is 4.92 Å².